The van der Waals surface area contributed by atoms with Gasteiger partial charge in [-0.25, -0.2) is 0 Å². The second-order valence-corrected chi connectivity index (χ2v) is 2.33. The van der Waals surface area contributed by atoms with E-state index in [1.165, 1.54) is 12.1 Å². The maximum Gasteiger partial charge on any atom is 0.117 e. The lowest BCUT2D eigenvalue weighted by Gasteiger charge is -2.09. The van der Waals surface area contributed by atoms with Gasteiger partial charge in [0.05, 0.1) is 5.02 Å². The smallest absolute Gasteiger partial charge is 0.117 e. The quantitative estimate of drug-likeness (QED) is 0.568. The molecule has 0 unspecified atom stereocenters. The Bertz CT molecular complexity index is 264. The number of phenolic OH excluding ortho intramolecular Hbond substituents is 1. The van der Waals surface area contributed by atoms with Gasteiger partial charge in [0.25, 0.3) is 0 Å². The van der Waals surface area contributed by atoms with Crippen LogP contribution in [0.15, 0.2) is 18.2 Å². The molecular formula is C6H6ClNO3. The van der Waals surface area contributed by atoms with E-state index in [1.54, 1.807) is 0 Å². The number of rotatable bonds is 1. The largest absolute Gasteiger partial charge is 0.508 e. The van der Waals surface area contributed by atoms with E-state index in [2.05, 4.69) is 0 Å². The van der Waals surface area contributed by atoms with Gasteiger partial charge in [-0.1, -0.05) is 11.6 Å². The first-order valence-corrected chi connectivity index (χ1v) is 3.15. The average molecular weight is 176 g/mol. The molecule has 0 saturated heterocycles. The van der Waals surface area contributed by atoms with Crippen LogP contribution in [-0.2, 0) is 0 Å². The Kier molecular flexibility index (Phi) is 2.19. The van der Waals surface area contributed by atoms with Gasteiger partial charge in [-0.15, -0.1) is 5.23 Å². The van der Waals surface area contributed by atoms with Crippen LogP contribution in [-0.4, -0.2) is 15.5 Å². The van der Waals surface area contributed by atoms with Crippen LogP contribution in [0.25, 0.3) is 0 Å². The molecule has 0 aliphatic heterocycles. The fraction of sp³-hybridized carbons (Fsp3) is 0. The molecule has 0 aliphatic carbocycles. The summed E-state index contributed by atoms with van der Waals surface area (Å²) in [6.07, 6.45) is 0. The van der Waals surface area contributed by atoms with Crippen LogP contribution in [0.5, 0.6) is 5.75 Å². The summed E-state index contributed by atoms with van der Waals surface area (Å²) in [4.78, 5) is 0. The van der Waals surface area contributed by atoms with Crippen molar-refractivity contribution >= 4 is 17.3 Å². The van der Waals surface area contributed by atoms with Gasteiger partial charge in [0.15, 0.2) is 0 Å². The van der Waals surface area contributed by atoms with Crippen LogP contribution < -0.4 is 5.23 Å². The predicted octanol–water partition coefficient (Wildman–Crippen LogP) is 1.63. The Morgan fingerprint density at radius 1 is 1.27 bits per heavy atom. The first-order chi connectivity index (χ1) is 5.11. The number of anilines is 1. The molecule has 0 aliphatic rings. The zero-order valence-electron chi connectivity index (χ0n) is 5.40. The van der Waals surface area contributed by atoms with Crippen molar-refractivity contribution in [2.75, 3.05) is 5.23 Å². The number of halogens is 1. The SMILES string of the molecule is Oc1ccc(Cl)c(N(O)O)c1. The van der Waals surface area contributed by atoms with Crippen molar-refractivity contribution in [3.8, 4) is 5.75 Å². The summed E-state index contributed by atoms with van der Waals surface area (Å²) in [6, 6.07) is 3.82. The molecule has 1 rings (SSSR count). The van der Waals surface area contributed by atoms with Gasteiger partial charge in [-0.05, 0) is 12.1 Å². The normalized spacial score (nSPS) is 9.73. The molecular weight excluding hydrogens is 170 g/mol. The van der Waals surface area contributed by atoms with Crippen LogP contribution in [0.2, 0.25) is 5.02 Å². The van der Waals surface area contributed by atoms with Crippen LogP contribution in [0, 0.1) is 0 Å². The zero-order valence-corrected chi connectivity index (χ0v) is 6.15. The van der Waals surface area contributed by atoms with E-state index < -0.39 is 0 Å². The molecule has 0 bridgehead atoms. The van der Waals surface area contributed by atoms with Gasteiger partial charge in [-0.3, -0.25) is 10.4 Å². The number of aromatic hydroxyl groups is 1. The number of hydrogen-bond donors (Lipinski definition) is 3. The summed E-state index contributed by atoms with van der Waals surface area (Å²) in [5, 5.41) is 25.9. The molecule has 0 radical (unpaired) electrons. The van der Waals surface area contributed by atoms with E-state index in [-0.39, 0.29) is 21.7 Å². The van der Waals surface area contributed by atoms with E-state index in [4.69, 9.17) is 27.1 Å². The third-order valence-electron chi connectivity index (χ3n) is 1.15. The van der Waals surface area contributed by atoms with Gasteiger partial charge in [0.1, 0.15) is 11.4 Å². The zero-order chi connectivity index (χ0) is 8.43. The maximum absolute atomic E-state index is 8.88. The Labute approximate surface area is 67.8 Å². The minimum Gasteiger partial charge on any atom is -0.508 e. The van der Waals surface area contributed by atoms with Gasteiger partial charge in [0, 0.05) is 6.07 Å². The maximum atomic E-state index is 8.88. The Morgan fingerprint density at radius 2 is 1.91 bits per heavy atom. The van der Waals surface area contributed by atoms with Crippen LogP contribution in [0.1, 0.15) is 0 Å². The molecule has 0 amide bonds. The highest BCUT2D eigenvalue weighted by molar-refractivity contribution is 6.33. The molecule has 1 aromatic carbocycles. The molecule has 4 nitrogen and oxygen atoms in total. The summed E-state index contributed by atoms with van der Waals surface area (Å²) in [6.45, 7) is 0. The van der Waals surface area contributed by atoms with Gasteiger partial charge in [0.2, 0.25) is 0 Å². The van der Waals surface area contributed by atoms with Crippen molar-refractivity contribution in [1.29, 1.82) is 0 Å². The number of hydrogen-bond acceptors (Lipinski definition) is 4. The Morgan fingerprint density at radius 3 is 2.36 bits per heavy atom. The first-order valence-electron chi connectivity index (χ1n) is 2.77. The highest BCUT2D eigenvalue weighted by Gasteiger charge is 2.05. The van der Waals surface area contributed by atoms with Gasteiger partial charge >= 0.3 is 0 Å². The summed E-state index contributed by atoms with van der Waals surface area (Å²) in [7, 11) is 0. The lowest BCUT2D eigenvalue weighted by atomic mass is 10.3. The Balaban J connectivity index is 3.13. The van der Waals surface area contributed by atoms with E-state index in [9.17, 15) is 0 Å². The van der Waals surface area contributed by atoms with Crippen LogP contribution >= 0.6 is 11.6 Å². The van der Waals surface area contributed by atoms with E-state index in [1.807, 2.05) is 0 Å². The second-order valence-electron chi connectivity index (χ2n) is 1.93. The fourth-order valence-electron chi connectivity index (χ4n) is 0.654. The molecule has 3 N–H and O–H groups in total. The summed E-state index contributed by atoms with van der Waals surface area (Å²) >= 11 is 5.52. The highest BCUT2D eigenvalue weighted by atomic mass is 35.5. The second kappa shape index (κ2) is 2.96. The van der Waals surface area contributed by atoms with E-state index in [0.29, 0.717) is 0 Å². The molecule has 0 spiro atoms. The van der Waals surface area contributed by atoms with Crippen molar-refractivity contribution in [2.24, 2.45) is 0 Å². The summed E-state index contributed by atoms with van der Waals surface area (Å²) in [5.74, 6) is -0.0856. The van der Waals surface area contributed by atoms with Gasteiger partial charge in [-0.2, -0.15) is 0 Å². The van der Waals surface area contributed by atoms with Gasteiger partial charge < -0.3 is 5.11 Å². The molecule has 11 heavy (non-hydrogen) atoms. The predicted molar refractivity (Wildman–Crippen MR) is 39.2 cm³/mol. The highest BCUT2D eigenvalue weighted by Crippen LogP contribution is 2.27. The number of nitrogens with zero attached hydrogens (tertiary/aromatic N) is 1. The third-order valence-corrected chi connectivity index (χ3v) is 1.46. The Hall–Kier alpha value is -0.970. The van der Waals surface area contributed by atoms with E-state index >= 15 is 0 Å². The fourth-order valence-corrected chi connectivity index (χ4v) is 0.847. The lowest BCUT2D eigenvalue weighted by Crippen LogP contribution is -2.11. The summed E-state index contributed by atoms with van der Waals surface area (Å²) < 4.78 is 0. The molecule has 1 aromatic rings. The van der Waals surface area contributed by atoms with Crippen LogP contribution in [0.3, 0.4) is 0 Å². The van der Waals surface area contributed by atoms with Crippen molar-refractivity contribution in [2.45, 2.75) is 0 Å². The molecule has 0 aromatic heterocycles. The number of benzene rings is 1. The lowest BCUT2D eigenvalue weighted by molar-refractivity contribution is 0.0291. The molecule has 0 atom stereocenters. The molecule has 60 valence electrons. The monoisotopic (exact) mass is 175 g/mol. The average Bonchev–Trinajstić information content (AvgIpc) is 1.94. The van der Waals surface area contributed by atoms with Crippen molar-refractivity contribution in [1.82, 2.24) is 0 Å². The standard InChI is InChI=1S/C6H6ClNO3/c7-5-2-1-4(9)3-6(5)8(10)11/h1-3,9-11H. The molecule has 5 heteroatoms. The van der Waals surface area contributed by atoms with Crippen molar-refractivity contribution < 1.29 is 15.5 Å². The number of phenols is 1. The van der Waals surface area contributed by atoms with Crippen LogP contribution in [0.4, 0.5) is 5.69 Å². The summed E-state index contributed by atoms with van der Waals surface area (Å²) in [5.41, 5.74) is -0.0633. The minimum atomic E-state index is -0.151. The third kappa shape index (κ3) is 1.74. The topological polar surface area (TPSA) is 63.9 Å². The molecule has 0 saturated carbocycles. The van der Waals surface area contributed by atoms with E-state index in [0.717, 1.165) is 6.07 Å². The first kappa shape index (κ1) is 8.13. The molecule has 0 fully saturated rings. The van der Waals surface area contributed by atoms with Crippen molar-refractivity contribution in [3.05, 3.63) is 23.2 Å². The minimum absolute atomic E-state index is 0.0633. The molecule has 0 heterocycles. The van der Waals surface area contributed by atoms with Crippen molar-refractivity contribution in [3.63, 3.8) is 0 Å².